The molecule has 0 bridgehead atoms. The fraction of sp³-hybridized carbons (Fsp3) is 0.667. The van der Waals surface area contributed by atoms with E-state index in [0.717, 1.165) is 18.2 Å². The number of nitrogens with two attached hydrogens (primary N) is 1. The number of pyridine rings is 1. The van der Waals surface area contributed by atoms with Crippen LogP contribution in [0.4, 0.5) is 0 Å². The standard InChI is InChI=1S/C15H25N3/c1-11-5-4-8-18(13(11)3)15(9-16)14-7-6-12(2)17-10-14/h6-7,10-11,13,15H,4-5,8-9,16H2,1-3H3. The van der Waals surface area contributed by atoms with Crippen LogP contribution < -0.4 is 5.73 Å². The quantitative estimate of drug-likeness (QED) is 0.892. The molecule has 1 aromatic heterocycles. The third-order valence-corrected chi connectivity index (χ3v) is 4.37. The number of likely N-dealkylation sites (tertiary alicyclic amines) is 1. The summed E-state index contributed by atoms with van der Waals surface area (Å²) in [5.74, 6) is 0.756. The molecule has 2 N–H and O–H groups in total. The maximum atomic E-state index is 6.01. The Labute approximate surface area is 110 Å². The van der Waals surface area contributed by atoms with Crippen LogP contribution in [-0.2, 0) is 0 Å². The lowest BCUT2D eigenvalue weighted by atomic mass is 9.89. The Kier molecular flexibility index (Phi) is 4.36. The third-order valence-electron chi connectivity index (χ3n) is 4.37. The van der Waals surface area contributed by atoms with Crippen molar-refractivity contribution < 1.29 is 0 Å². The lowest BCUT2D eigenvalue weighted by molar-refractivity contribution is 0.0708. The van der Waals surface area contributed by atoms with Crippen LogP contribution in [0.1, 0.15) is 44.0 Å². The molecular formula is C15H25N3. The molecule has 3 nitrogen and oxygen atoms in total. The lowest BCUT2D eigenvalue weighted by Crippen LogP contribution is -2.46. The number of hydrogen-bond acceptors (Lipinski definition) is 3. The molecule has 0 radical (unpaired) electrons. The summed E-state index contributed by atoms with van der Waals surface area (Å²) in [5.41, 5.74) is 8.33. The number of piperidine rings is 1. The molecule has 3 unspecified atom stereocenters. The van der Waals surface area contributed by atoms with Crippen molar-refractivity contribution in [1.82, 2.24) is 9.88 Å². The second kappa shape index (κ2) is 5.81. The molecule has 3 heteroatoms. The fourth-order valence-electron chi connectivity index (χ4n) is 2.95. The second-order valence-corrected chi connectivity index (χ2v) is 5.58. The minimum Gasteiger partial charge on any atom is -0.329 e. The SMILES string of the molecule is Cc1ccc(C(CN)N2CCCC(C)C2C)cn1. The maximum absolute atomic E-state index is 6.01. The van der Waals surface area contributed by atoms with Gasteiger partial charge in [0.2, 0.25) is 0 Å². The van der Waals surface area contributed by atoms with E-state index in [-0.39, 0.29) is 0 Å². The Balaban J connectivity index is 2.19. The van der Waals surface area contributed by atoms with E-state index in [0.29, 0.717) is 18.6 Å². The van der Waals surface area contributed by atoms with Crippen LogP contribution in [0.5, 0.6) is 0 Å². The average molecular weight is 247 g/mol. The minimum atomic E-state index is 0.316. The van der Waals surface area contributed by atoms with Crippen LogP contribution in [0.25, 0.3) is 0 Å². The Morgan fingerprint density at radius 1 is 1.44 bits per heavy atom. The van der Waals surface area contributed by atoms with Gasteiger partial charge in [0, 0.05) is 30.5 Å². The second-order valence-electron chi connectivity index (χ2n) is 5.58. The zero-order valence-electron chi connectivity index (χ0n) is 11.8. The van der Waals surface area contributed by atoms with E-state index in [9.17, 15) is 0 Å². The van der Waals surface area contributed by atoms with E-state index in [1.165, 1.54) is 18.4 Å². The molecule has 18 heavy (non-hydrogen) atoms. The van der Waals surface area contributed by atoms with E-state index in [4.69, 9.17) is 5.73 Å². The smallest absolute Gasteiger partial charge is 0.0488 e. The fourth-order valence-corrected chi connectivity index (χ4v) is 2.95. The molecule has 1 aliphatic rings. The van der Waals surface area contributed by atoms with Crippen molar-refractivity contribution >= 4 is 0 Å². The summed E-state index contributed by atoms with van der Waals surface area (Å²) in [7, 11) is 0. The summed E-state index contributed by atoms with van der Waals surface area (Å²) in [6.45, 7) is 8.52. The summed E-state index contributed by atoms with van der Waals surface area (Å²) in [6, 6.07) is 5.17. The van der Waals surface area contributed by atoms with Crippen LogP contribution >= 0.6 is 0 Å². The normalized spacial score (nSPS) is 27.1. The predicted octanol–water partition coefficient (Wildman–Crippen LogP) is 2.51. The van der Waals surface area contributed by atoms with Gasteiger partial charge in [-0.15, -0.1) is 0 Å². The van der Waals surface area contributed by atoms with Crippen molar-refractivity contribution in [3.8, 4) is 0 Å². The molecule has 1 fully saturated rings. The van der Waals surface area contributed by atoms with E-state index in [1.54, 1.807) is 0 Å². The first-order chi connectivity index (χ1) is 8.63. The van der Waals surface area contributed by atoms with E-state index >= 15 is 0 Å². The maximum Gasteiger partial charge on any atom is 0.0488 e. The number of hydrogen-bond donors (Lipinski definition) is 1. The summed E-state index contributed by atoms with van der Waals surface area (Å²) in [4.78, 5) is 6.96. The summed E-state index contributed by atoms with van der Waals surface area (Å²) >= 11 is 0. The van der Waals surface area contributed by atoms with Gasteiger partial charge >= 0.3 is 0 Å². The highest BCUT2D eigenvalue weighted by atomic mass is 15.2. The average Bonchev–Trinajstić information content (AvgIpc) is 2.37. The highest BCUT2D eigenvalue weighted by Gasteiger charge is 2.30. The molecule has 2 heterocycles. The Morgan fingerprint density at radius 3 is 2.83 bits per heavy atom. The monoisotopic (exact) mass is 247 g/mol. The summed E-state index contributed by atoms with van der Waals surface area (Å²) in [6.07, 6.45) is 4.60. The molecule has 100 valence electrons. The first-order valence-corrected chi connectivity index (χ1v) is 7.02. The number of aryl methyl sites for hydroxylation is 1. The van der Waals surface area contributed by atoms with Crippen LogP contribution in [-0.4, -0.2) is 29.0 Å². The zero-order chi connectivity index (χ0) is 13.1. The molecule has 0 spiro atoms. The van der Waals surface area contributed by atoms with Gasteiger partial charge in [0.05, 0.1) is 0 Å². The number of aromatic nitrogens is 1. The molecule has 1 saturated heterocycles. The summed E-state index contributed by atoms with van der Waals surface area (Å²) < 4.78 is 0. The molecule has 1 aromatic rings. The molecule has 0 aliphatic carbocycles. The van der Waals surface area contributed by atoms with Crippen LogP contribution in [0, 0.1) is 12.8 Å². The molecular weight excluding hydrogens is 222 g/mol. The largest absolute Gasteiger partial charge is 0.329 e. The van der Waals surface area contributed by atoms with Crippen LogP contribution in [0.3, 0.4) is 0 Å². The number of nitrogens with zero attached hydrogens (tertiary/aromatic N) is 2. The van der Waals surface area contributed by atoms with Crippen molar-refractivity contribution in [2.75, 3.05) is 13.1 Å². The van der Waals surface area contributed by atoms with E-state index < -0.39 is 0 Å². The third kappa shape index (κ3) is 2.73. The molecule has 3 atom stereocenters. The van der Waals surface area contributed by atoms with Gasteiger partial charge in [-0.2, -0.15) is 0 Å². The van der Waals surface area contributed by atoms with Crippen LogP contribution in [0.15, 0.2) is 18.3 Å². The Morgan fingerprint density at radius 2 is 2.22 bits per heavy atom. The van der Waals surface area contributed by atoms with Gasteiger partial charge in [0.25, 0.3) is 0 Å². The highest BCUT2D eigenvalue weighted by molar-refractivity contribution is 5.18. The minimum absolute atomic E-state index is 0.316. The van der Waals surface area contributed by atoms with Crippen molar-refractivity contribution in [1.29, 1.82) is 0 Å². The predicted molar refractivity (Wildman–Crippen MR) is 75.3 cm³/mol. The van der Waals surface area contributed by atoms with Crippen molar-refractivity contribution in [2.45, 2.75) is 45.7 Å². The molecule has 2 rings (SSSR count). The molecule has 0 amide bonds. The van der Waals surface area contributed by atoms with Gasteiger partial charge in [-0.1, -0.05) is 13.0 Å². The molecule has 0 saturated carbocycles. The van der Waals surface area contributed by atoms with Gasteiger partial charge in [-0.25, -0.2) is 0 Å². The molecule has 1 aliphatic heterocycles. The highest BCUT2D eigenvalue weighted by Crippen LogP contribution is 2.30. The van der Waals surface area contributed by atoms with Gasteiger partial charge in [0.15, 0.2) is 0 Å². The first kappa shape index (κ1) is 13.5. The zero-order valence-corrected chi connectivity index (χ0v) is 11.8. The lowest BCUT2D eigenvalue weighted by Gasteiger charge is -2.42. The van der Waals surface area contributed by atoms with Crippen LogP contribution in [0.2, 0.25) is 0 Å². The van der Waals surface area contributed by atoms with Crippen molar-refractivity contribution in [3.63, 3.8) is 0 Å². The van der Waals surface area contributed by atoms with E-state index in [2.05, 4.69) is 35.9 Å². The van der Waals surface area contributed by atoms with Crippen molar-refractivity contribution in [2.24, 2.45) is 11.7 Å². The molecule has 0 aromatic carbocycles. The van der Waals surface area contributed by atoms with Crippen molar-refractivity contribution in [3.05, 3.63) is 29.6 Å². The topological polar surface area (TPSA) is 42.1 Å². The van der Waals surface area contributed by atoms with E-state index in [1.807, 2.05) is 13.1 Å². The van der Waals surface area contributed by atoms with Gasteiger partial charge < -0.3 is 5.73 Å². The number of rotatable bonds is 3. The van der Waals surface area contributed by atoms with Gasteiger partial charge in [-0.05, 0) is 50.8 Å². The Bertz CT molecular complexity index is 374. The van der Waals surface area contributed by atoms with Gasteiger partial charge in [-0.3, -0.25) is 9.88 Å². The Hall–Kier alpha value is -0.930. The first-order valence-electron chi connectivity index (χ1n) is 7.02. The summed E-state index contributed by atoms with van der Waals surface area (Å²) in [5, 5.41) is 0. The van der Waals surface area contributed by atoms with Gasteiger partial charge in [0.1, 0.15) is 0 Å².